The van der Waals surface area contributed by atoms with E-state index in [0.717, 1.165) is 42.5 Å². The Morgan fingerprint density at radius 2 is 1.81 bits per heavy atom. The van der Waals surface area contributed by atoms with Crippen LogP contribution in [0.1, 0.15) is 74.6 Å². The Balaban J connectivity index is 1.60. The Morgan fingerprint density at radius 3 is 2.39 bits per heavy atom. The number of ether oxygens (including phenoxy) is 1. The molecule has 0 unspecified atom stereocenters. The third kappa shape index (κ3) is 4.54. The Hall–Kier alpha value is -2.61. The summed E-state index contributed by atoms with van der Waals surface area (Å²) in [5.41, 5.74) is 1.97. The number of amides is 2. The molecule has 2 aliphatic rings. The van der Waals surface area contributed by atoms with Crippen LogP contribution in [0.25, 0.3) is 11.0 Å². The summed E-state index contributed by atoms with van der Waals surface area (Å²) in [4.78, 5) is 36.8. The third-order valence-electron chi connectivity index (χ3n) is 5.95. The van der Waals surface area contributed by atoms with Crippen molar-refractivity contribution in [2.24, 2.45) is 0 Å². The summed E-state index contributed by atoms with van der Waals surface area (Å²) < 4.78 is 7.86. The molecule has 1 aliphatic carbocycles. The number of likely N-dealkylation sites (tertiary alicyclic amines) is 1. The third-order valence-corrected chi connectivity index (χ3v) is 5.95. The first-order valence-electron chi connectivity index (χ1n) is 11.0. The van der Waals surface area contributed by atoms with E-state index in [9.17, 15) is 9.59 Å². The molecular weight excluding hydrogens is 396 g/mol. The van der Waals surface area contributed by atoms with Crippen molar-refractivity contribution in [2.45, 2.75) is 64.0 Å². The number of hydrogen-bond acceptors (Lipinski definition) is 5. The lowest BCUT2D eigenvalue weighted by atomic mass is 10.0. The molecule has 0 N–H and O–H groups in total. The zero-order chi connectivity index (χ0) is 22.3. The van der Waals surface area contributed by atoms with E-state index in [1.165, 1.54) is 12.2 Å². The summed E-state index contributed by atoms with van der Waals surface area (Å²) in [7, 11) is 3.08. The van der Waals surface area contributed by atoms with Crippen LogP contribution >= 0.6 is 0 Å². The quantitative estimate of drug-likeness (QED) is 0.685. The predicted octanol–water partition coefficient (Wildman–Crippen LogP) is 4.12. The summed E-state index contributed by atoms with van der Waals surface area (Å²) >= 11 is 0. The zero-order valence-corrected chi connectivity index (χ0v) is 19.1. The van der Waals surface area contributed by atoms with Crippen molar-refractivity contribution in [3.63, 3.8) is 0 Å². The molecular formula is C23H32N4O4. The normalized spacial score (nSPS) is 17.8. The Bertz CT molecular complexity index is 981. The fourth-order valence-electron chi connectivity index (χ4n) is 4.16. The molecule has 8 heteroatoms. The first-order valence-corrected chi connectivity index (χ1v) is 11.0. The van der Waals surface area contributed by atoms with Gasteiger partial charge in [-0.1, -0.05) is 0 Å². The molecule has 31 heavy (non-hydrogen) atoms. The van der Waals surface area contributed by atoms with Gasteiger partial charge in [0.05, 0.1) is 18.1 Å². The number of hydroxylamine groups is 2. The molecule has 1 aromatic heterocycles. The summed E-state index contributed by atoms with van der Waals surface area (Å²) in [6.07, 6.45) is 3.72. The monoisotopic (exact) mass is 428 g/mol. The highest BCUT2D eigenvalue weighted by molar-refractivity contribution is 5.96. The van der Waals surface area contributed by atoms with Crippen molar-refractivity contribution in [3.8, 4) is 0 Å². The van der Waals surface area contributed by atoms with Crippen LogP contribution in [0.3, 0.4) is 0 Å². The van der Waals surface area contributed by atoms with Gasteiger partial charge in [-0.05, 0) is 64.7 Å². The highest BCUT2D eigenvalue weighted by Crippen LogP contribution is 2.43. The average Bonchev–Trinajstić information content (AvgIpc) is 3.51. The molecule has 4 rings (SSSR count). The minimum atomic E-state index is -0.494. The second-order valence-corrected chi connectivity index (χ2v) is 9.50. The van der Waals surface area contributed by atoms with Gasteiger partial charge in [0.15, 0.2) is 0 Å². The molecule has 0 bridgehead atoms. The summed E-state index contributed by atoms with van der Waals surface area (Å²) in [5, 5.41) is 1.23. The number of aromatic nitrogens is 2. The van der Waals surface area contributed by atoms with Crippen molar-refractivity contribution in [2.75, 3.05) is 27.2 Å². The number of carbonyl (C=O) groups excluding carboxylic acids is 2. The molecule has 2 aromatic rings. The Labute approximate surface area is 183 Å². The molecule has 1 saturated heterocycles. The van der Waals surface area contributed by atoms with Gasteiger partial charge in [0, 0.05) is 37.7 Å². The Morgan fingerprint density at radius 1 is 1.13 bits per heavy atom. The van der Waals surface area contributed by atoms with Crippen LogP contribution in [0.4, 0.5) is 4.79 Å². The van der Waals surface area contributed by atoms with Gasteiger partial charge in [-0.25, -0.2) is 14.8 Å². The lowest BCUT2D eigenvalue weighted by Crippen LogP contribution is -2.42. The molecule has 1 aromatic carbocycles. The van der Waals surface area contributed by atoms with Crippen LogP contribution in [-0.2, 0) is 9.57 Å². The van der Waals surface area contributed by atoms with Crippen LogP contribution in [0.2, 0.25) is 0 Å². The Kier molecular flexibility index (Phi) is 5.68. The highest BCUT2D eigenvalue weighted by atomic mass is 16.7. The summed E-state index contributed by atoms with van der Waals surface area (Å²) in [5.74, 6) is 1.40. The lowest BCUT2D eigenvalue weighted by molar-refractivity contribution is -0.0756. The minimum absolute atomic E-state index is 0.190. The van der Waals surface area contributed by atoms with Crippen molar-refractivity contribution < 1.29 is 19.2 Å². The highest BCUT2D eigenvalue weighted by Gasteiger charge is 2.34. The fraction of sp³-hybridized carbons (Fsp3) is 0.609. The van der Waals surface area contributed by atoms with Gasteiger partial charge in [0.25, 0.3) is 5.91 Å². The van der Waals surface area contributed by atoms with Crippen molar-refractivity contribution in [1.82, 2.24) is 19.5 Å². The van der Waals surface area contributed by atoms with E-state index >= 15 is 0 Å². The van der Waals surface area contributed by atoms with Crippen LogP contribution in [0.15, 0.2) is 18.2 Å². The van der Waals surface area contributed by atoms with Gasteiger partial charge in [0.2, 0.25) is 0 Å². The second kappa shape index (κ2) is 8.15. The van der Waals surface area contributed by atoms with Gasteiger partial charge in [-0.15, -0.1) is 0 Å². The molecule has 8 nitrogen and oxygen atoms in total. The van der Waals surface area contributed by atoms with E-state index < -0.39 is 5.60 Å². The van der Waals surface area contributed by atoms with Crippen molar-refractivity contribution in [3.05, 3.63) is 29.6 Å². The number of hydrogen-bond donors (Lipinski definition) is 0. The maximum atomic E-state index is 12.6. The smallest absolute Gasteiger partial charge is 0.410 e. The van der Waals surface area contributed by atoms with E-state index in [1.54, 1.807) is 18.0 Å². The SMILES string of the molecule is CON(C)C(=O)c1ccc2nc(C3CC3)n(C3CCN(C(=O)OC(C)(C)C)CC3)c2c1. The van der Waals surface area contributed by atoms with E-state index in [-0.39, 0.29) is 18.0 Å². The summed E-state index contributed by atoms with van der Waals surface area (Å²) in [6.45, 7) is 6.95. The van der Waals surface area contributed by atoms with Gasteiger partial charge >= 0.3 is 6.09 Å². The first kappa shape index (κ1) is 21.6. The molecule has 0 spiro atoms. The average molecular weight is 429 g/mol. The maximum absolute atomic E-state index is 12.6. The molecule has 0 atom stereocenters. The standard InChI is InChI=1S/C23H32N4O4/c1-23(2,3)31-22(29)26-12-10-17(11-13-26)27-19-14-16(21(28)25(4)30-5)8-9-18(19)24-20(27)15-6-7-15/h8-9,14-15,17H,6-7,10-13H2,1-5H3. The van der Waals surface area contributed by atoms with Gasteiger partial charge in [0.1, 0.15) is 11.4 Å². The molecule has 2 heterocycles. The largest absolute Gasteiger partial charge is 0.444 e. The van der Waals surface area contributed by atoms with Crippen LogP contribution in [0.5, 0.6) is 0 Å². The fourth-order valence-corrected chi connectivity index (χ4v) is 4.16. The molecule has 1 saturated carbocycles. The predicted molar refractivity (Wildman–Crippen MR) is 117 cm³/mol. The molecule has 168 valence electrons. The topological polar surface area (TPSA) is 76.9 Å². The van der Waals surface area contributed by atoms with Crippen LogP contribution in [-0.4, -0.2) is 64.4 Å². The van der Waals surface area contributed by atoms with E-state index in [0.29, 0.717) is 24.6 Å². The number of imidazole rings is 1. The van der Waals surface area contributed by atoms with Gasteiger partial charge < -0.3 is 14.2 Å². The van der Waals surface area contributed by atoms with Crippen LogP contribution < -0.4 is 0 Å². The lowest BCUT2D eigenvalue weighted by Gasteiger charge is -2.34. The van der Waals surface area contributed by atoms with E-state index in [1.807, 2.05) is 32.9 Å². The number of nitrogens with zero attached hydrogens (tertiary/aromatic N) is 4. The molecule has 0 radical (unpaired) electrons. The van der Waals surface area contributed by atoms with Crippen LogP contribution in [0, 0.1) is 0 Å². The van der Waals surface area contributed by atoms with Crippen molar-refractivity contribution >= 4 is 23.0 Å². The first-order chi connectivity index (χ1) is 14.7. The van der Waals surface area contributed by atoms with Gasteiger partial charge in [-0.2, -0.15) is 0 Å². The number of carbonyl (C=O) groups is 2. The maximum Gasteiger partial charge on any atom is 0.410 e. The van der Waals surface area contributed by atoms with Crippen molar-refractivity contribution in [1.29, 1.82) is 0 Å². The summed E-state index contributed by atoms with van der Waals surface area (Å²) in [6, 6.07) is 5.89. The zero-order valence-electron chi connectivity index (χ0n) is 19.1. The van der Waals surface area contributed by atoms with E-state index in [4.69, 9.17) is 14.6 Å². The molecule has 1 aliphatic heterocycles. The number of piperidine rings is 1. The number of rotatable bonds is 4. The molecule has 2 fully saturated rings. The van der Waals surface area contributed by atoms with E-state index in [2.05, 4.69) is 4.57 Å². The number of benzene rings is 1. The number of fused-ring (bicyclic) bond motifs is 1. The molecule has 2 amide bonds. The van der Waals surface area contributed by atoms with Gasteiger partial charge in [-0.3, -0.25) is 9.63 Å². The second-order valence-electron chi connectivity index (χ2n) is 9.50. The minimum Gasteiger partial charge on any atom is -0.444 e.